The molecule has 0 radical (unpaired) electrons. The van der Waals surface area contributed by atoms with Crippen LogP contribution in [0.25, 0.3) is 0 Å². The van der Waals surface area contributed by atoms with Crippen molar-refractivity contribution >= 4 is 5.97 Å². The predicted molar refractivity (Wildman–Crippen MR) is 81.2 cm³/mol. The average molecular weight is 285 g/mol. The van der Waals surface area contributed by atoms with Crippen molar-refractivity contribution in [3.63, 3.8) is 0 Å². The molecule has 0 unspecified atom stereocenters. The number of nitrogens with zero attached hydrogens (tertiary/aromatic N) is 1. The van der Waals surface area contributed by atoms with Crippen molar-refractivity contribution in [2.24, 2.45) is 0 Å². The van der Waals surface area contributed by atoms with Crippen molar-refractivity contribution in [1.29, 1.82) is 0 Å². The number of hydrogen-bond acceptors (Lipinski definition) is 3. The standard InChI is InChI=1S/C17H19NO3/c1-4-6-14-9-13(17(19)20)10-16(18-14)21-15-8-5-7-11(2)12(15)3/h5,7-10H,4,6H2,1-3H3,(H,19,20). The molecule has 1 aromatic heterocycles. The summed E-state index contributed by atoms with van der Waals surface area (Å²) in [5, 5.41) is 9.18. The fourth-order valence-electron chi connectivity index (χ4n) is 2.07. The average Bonchev–Trinajstić information content (AvgIpc) is 2.44. The van der Waals surface area contributed by atoms with Crippen LogP contribution in [0.4, 0.5) is 0 Å². The summed E-state index contributed by atoms with van der Waals surface area (Å²) in [5.41, 5.74) is 3.08. The Hall–Kier alpha value is -2.36. The third-order valence-corrected chi connectivity index (χ3v) is 3.38. The van der Waals surface area contributed by atoms with E-state index in [1.54, 1.807) is 6.07 Å². The maximum absolute atomic E-state index is 11.2. The van der Waals surface area contributed by atoms with Crippen molar-refractivity contribution < 1.29 is 14.6 Å². The molecule has 0 aliphatic carbocycles. The molecule has 1 N–H and O–H groups in total. The van der Waals surface area contributed by atoms with E-state index in [2.05, 4.69) is 4.98 Å². The third-order valence-electron chi connectivity index (χ3n) is 3.38. The summed E-state index contributed by atoms with van der Waals surface area (Å²) < 4.78 is 5.79. The molecule has 4 nitrogen and oxygen atoms in total. The Morgan fingerprint density at radius 2 is 2.05 bits per heavy atom. The molecule has 1 heterocycles. The second-order valence-corrected chi connectivity index (χ2v) is 5.04. The number of carbonyl (C=O) groups is 1. The molecule has 0 atom stereocenters. The van der Waals surface area contributed by atoms with Crippen LogP contribution in [-0.4, -0.2) is 16.1 Å². The van der Waals surface area contributed by atoms with E-state index in [4.69, 9.17) is 4.74 Å². The van der Waals surface area contributed by atoms with Crippen LogP contribution in [0.5, 0.6) is 11.6 Å². The minimum absolute atomic E-state index is 0.203. The van der Waals surface area contributed by atoms with Gasteiger partial charge in [0.2, 0.25) is 5.88 Å². The van der Waals surface area contributed by atoms with Crippen molar-refractivity contribution in [2.45, 2.75) is 33.6 Å². The van der Waals surface area contributed by atoms with Gasteiger partial charge >= 0.3 is 5.97 Å². The number of aromatic nitrogens is 1. The fraction of sp³-hybridized carbons (Fsp3) is 0.294. The second-order valence-electron chi connectivity index (χ2n) is 5.04. The molecule has 0 amide bonds. The van der Waals surface area contributed by atoms with Gasteiger partial charge in [-0.3, -0.25) is 0 Å². The number of benzene rings is 1. The highest BCUT2D eigenvalue weighted by Gasteiger charge is 2.11. The molecular weight excluding hydrogens is 266 g/mol. The van der Waals surface area contributed by atoms with E-state index in [0.29, 0.717) is 11.6 Å². The molecule has 1 aromatic carbocycles. The minimum Gasteiger partial charge on any atom is -0.478 e. The van der Waals surface area contributed by atoms with Crippen molar-refractivity contribution in [2.75, 3.05) is 0 Å². The quantitative estimate of drug-likeness (QED) is 0.896. The maximum atomic E-state index is 11.2. The number of hydrogen-bond donors (Lipinski definition) is 1. The van der Waals surface area contributed by atoms with Gasteiger partial charge in [-0.25, -0.2) is 9.78 Å². The van der Waals surface area contributed by atoms with E-state index in [9.17, 15) is 9.90 Å². The fourth-order valence-corrected chi connectivity index (χ4v) is 2.07. The highest BCUT2D eigenvalue weighted by molar-refractivity contribution is 5.88. The summed E-state index contributed by atoms with van der Waals surface area (Å²) in [4.78, 5) is 15.6. The number of carboxylic acid groups (broad SMARTS) is 1. The molecule has 2 aromatic rings. The Morgan fingerprint density at radius 1 is 1.29 bits per heavy atom. The summed E-state index contributed by atoms with van der Waals surface area (Å²) in [6, 6.07) is 8.83. The molecule has 0 fully saturated rings. The summed E-state index contributed by atoms with van der Waals surface area (Å²) in [7, 11) is 0. The first-order chi connectivity index (χ1) is 10.0. The summed E-state index contributed by atoms with van der Waals surface area (Å²) in [6.45, 7) is 6.00. The monoisotopic (exact) mass is 285 g/mol. The van der Waals surface area contributed by atoms with Crippen LogP contribution < -0.4 is 4.74 Å². The van der Waals surface area contributed by atoms with E-state index in [1.165, 1.54) is 6.07 Å². The van der Waals surface area contributed by atoms with Gasteiger partial charge in [-0.1, -0.05) is 25.5 Å². The Morgan fingerprint density at radius 3 is 2.71 bits per heavy atom. The second kappa shape index (κ2) is 6.39. The number of pyridine rings is 1. The number of rotatable bonds is 5. The van der Waals surface area contributed by atoms with Gasteiger partial charge in [0.05, 0.1) is 5.56 Å². The third kappa shape index (κ3) is 3.60. The van der Waals surface area contributed by atoms with Gasteiger partial charge in [-0.2, -0.15) is 0 Å². The molecule has 0 bridgehead atoms. The Labute approximate surface area is 124 Å². The van der Waals surface area contributed by atoms with Crippen molar-refractivity contribution in [1.82, 2.24) is 4.98 Å². The molecule has 0 spiro atoms. The molecule has 21 heavy (non-hydrogen) atoms. The van der Waals surface area contributed by atoms with Gasteiger partial charge in [0.15, 0.2) is 0 Å². The Balaban J connectivity index is 2.38. The van der Waals surface area contributed by atoms with Crippen LogP contribution in [-0.2, 0) is 6.42 Å². The van der Waals surface area contributed by atoms with Crippen LogP contribution in [0.15, 0.2) is 30.3 Å². The molecule has 2 rings (SSSR count). The van der Waals surface area contributed by atoms with Crippen LogP contribution in [0.2, 0.25) is 0 Å². The lowest BCUT2D eigenvalue weighted by Gasteiger charge is -2.11. The Bertz CT molecular complexity index is 665. The highest BCUT2D eigenvalue weighted by Crippen LogP contribution is 2.26. The highest BCUT2D eigenvalue weighted by atomic mass is 16.5. The van der Waals surface area contributed by atoms with Gasteiger partial charge in [0, 0.05) is 11.8 Å². The van der Waals surface area contributed by atoms with E-state index in [-0.39, 0.29) is 5.56 Å². The lowest BCUT2D eigenvalue weighted by atomic mass is 10.1. The maximum Gasteiger partial charge on any atom is 0.335 e. The van der Waals surface area contributed by atoms with Crippen LogP contribution in [0, 0.1) is 13.8 Å². The number of aryl methyl sites for hydroxylation is 2. The topological polar surface area (TPSA) is 59.4 Å². The minimum atomic E-state index is -0.972. The predicted octanol–water partition coefficient (Wildman–Crippen LogP) is 4.14. The first-order valence-electron chi connectivity index (χ1n) is 6.99. The van der Waals surface area contributed by atoms with Crippen molar-refractivity contribution in [3.8, 4) is 11.6 Å². The van der Waals surface area contributed by atoms with Gasteiger partial charge in [-0.15, -0.1) is 0 Å². The van der Waals surface area contributed by atoms with E-state index in [0.717, 1.165) is 29.7 Å². The van der Waals surface area contributed by atoms with Crippen LogP contribution >= 0.6 is 0 Å². The smallest absolute Gasteiger partial charge is 0.335 e. The van der Waals surface area contributed by atoms with Crippen molar-refractivity contribution in [3.05, 3.63) is 52.7 Å². The number of aromatic carboxylic acids is 1. The van der Waals surface area contributed by atoms with Crippen LogP contribution in [0.1, 0.15) is 40.5 Å². The summed E-state index contributed by atoms with van der Waals surface area (Å²) in [5.74, 6) is 0.0557. The van der Waals surface area contributed by atoms with E-state index in [1.807, 2.05) is 39.0 Å². The largest absolute Gasteiger partial charge is 0.478 e. The van der Waals surface area contributed by atoms with Crippen LogP contribution in [0.3, 0.4) is 0 Å². The first kappa shape index (κ1) is 15.0. The lowest BCUT2D eigenvalue weighted by Crippen LogP contribution is -2.02. The SMILES string of the molecule is CCCc1cc(C(=O)O)cc(Oc2cccc(C)c2C)n1. The van der Waals surface area contributed by atoms with Gasteiger partial charge in [0.25, 0.3) is 0 Å². The zero-order valence-electron chi connectivity index (χ0n) is 12.5. The van der Waals surface area contributed by atoms with E-state index < -0.39 is 5.97 Å². The molecule has 0 saturated carbocycles. The summed E-state index contributed by atoms with van der Waals surface area (Å²) >= 11 is 0. The van der Waals surface area contributed by atoms with Gasteiger partial charge in [-0.05, 0) is 43.5 Å². The molecule has 4 heteroatoms. The zero-order chi connectivity index (χ0) is 15.4. The molecule has 0 saturated heterocycles. The number of ether oxygens (including phenoxy) is 1. The molecule has 0 aliphatic rings. The molecular formula is C17H19NO3. The van der Waals surface area contributed by atoms with Gasteiger partial charge in [0.1, 0.15) is 5.75 Å². The van der Waals surface area contributed by atoms with E-state index >= 15 is 0 Å². The Kier molecular flexibility index (Phi) is 4.58. The van der Waals surface area contributed by atoms with Gasteiger partial charge < -0.3 is 9.84 Å². The molecule has 0 aliphatic heterocycles. The summed E-state index contributed by atoms with van der Waals surface area (Å²) in [6.07, 6.45) is 1.63. The first-order valence-corrected chi connectivity index (χ1v) is 6.99. The molecule has 110 valence electrons. The lowest BCUT2D eigenvalue weighted by molar-refractivity contribution is 0.0696. The number of carboxylic acids is 1. The normalized spacial score (nSPS) is 10.4. The zero-order valence-corrected chi connectivity index (χ0v) is 12.5.